The molecule has 0 atom stereocenters. The second-order valence-electron chi connectivity index (χ2n) is 4.66. The largest absolute Gasteiger partial charge is 0.481 e. The average molecular weight is 285 g/mol. The number of carboxylic acids is 1. The van der Waals surface area contributed by atoms with Gasteiger partial charge in [0.25, 0.3) is 0 Å². The van der Waals surface area contributed by atoms with Crippen molar-refractivity contribution in [1.29, 1.82) is 0 Å². The standard InChI is InChI=1S/C12H19N3O3S/c1-9(2)7-15(5-3-11(17)18)8-10(16)14-12-13-4-6-19-12/h4,6,9H,3,5,7-8H2,1-2H3,(H,17,18)(H,13,14,16). The number of anilines is 1. The fourth-order valence-corrected chi connectivity index (χ4v) is 2.20. The number of aromatic nitrogens is 1. The number of thiazole rings is 1. The van der Waals surface area contributed by atoms with Crippen LogP contribution < -0.4 is 5.32 Å². The van der Waals surface area contributed by atoms with Gasteiger partial charge in [-0.15, -0.1) is 11.3 Å². The molecule has 19 heavy (non-hydrogen) atoms. The topological polar surface area (TPSA) is 82.5 Å². The van der Waals surface area contributed by atoms with Crippen LogP contribution in [0.25, 0.3) is 0 Å². The van der Waals surface area contributed by atoms with Crippen LogP contribution in [0, 0.1) is 5.92 Å². The second kappa shape index (κ2) is 7.85. The summed E-state index contributed by atoms with van der Waals surface area (Å²) < 4.78 is 0. The maximum Gasteiger partial charge on any atom is 0.304 e. The fourth-order valence-electron chi connectivity index (χ4n) is 1.65. The molecule has 0 aliphatic carbocycles. The van der Waals surface area contributed by atoms with Crippen LogP contribution in [-0.2, 0) is 9.59 Å². The lowest BCUT2D eigenvalue weighted by Gasteiger charge is -2.22. The summed E-state index contributed by atoms with van der Waals surface area (Å²) in [5, 5.41) is 13.7. The van der Waals surface area contributed by atoms with E-state index in [1.807, 2.05) is 18.7 Å². The first kappa shape index (κ1) is 15.6. The van der Waals surface area contributed by atoms with Gasteiger partial charge in [0.1, 0.15) is 0 Å². The Morgan fingerprint density at radius 2 is 2.26 bits per heavy atom. The van der Waals surface area contributed by atoms with E-state index in [-0.39, 0.29) is 18.9 Å². The molecule has 0 bridgehead atoms. The van der Waals surface area contributed by atoms with E-state index in [9.17, 15) is 9.59 Å². The zero-order valence-corrected chi connectivity index (χ0v) is 11.9. The van der Waals surface area contributed by atoms with Crippen LogP contribution in [0.1, 0.15) is 20.3 Å². The zero-order valence-electron chi connectivity index (χ0n) is 11.1. The van der Waals surface area contributed by atoms with E-state index < -0.39 is 5.97 Å². The average Bonchev–Trinajstić information content (AvgIpc) is 2.77. The highest BCUT2D eigenvalue weighted by Gasteiger charge is 2.14. The smallest absolute Gasteiger partial charge is 0.304 e. The van der Waals surface area contributed by atoms with Gasteiger partial charge in [-0.1, -0.05) is 13.8 Å². The monoisotopic (exact) mass is 285 g/mol. The number of nitrogens with one attached hydrogen (secondary N) is 1. The summed E-state index contributed by atoms with van der Waals surface area (Å²) in [7, 11) is 0. The van der Waals surface area contributed by atoms with Crippen LogP contribution in [0.2, 0.25) is 0 Å². The van der Waals surface area contributed by atoms with E-state index in [1.54, 1.807) is 11.6 Å². The van der Waals surface area contributed by atoms with Crippen molar-refractivity contribution in [2.75, 3.05) is 25.0 Å². The van der Waals surface area contributed by atoms with Gasteiger partial charge in [-0.05, 0) is 5.92 Å². The summed E-state index contributed by atoms with van der Waals surface area (Å²) in [5.74, 6) is -0.642. The summed E-state index contributed by atoms with van der Waals surface area (Å²) >= 11 is 1.35. The van der Waals surface area contributed by atoms with Crippen molar-refractivity contribution in [2.24, 2.45) is 5.92 Å². The fraction of sp³-hybridized carbons (Fsp3) is 0.583. The van der Waals surface area contributed by atoms with Crippen LogP contribution in [0.4, 0.5) is 5.13 Å². The number of hydrogen-bond acceptors (Lipinski definition) is 5. The van der Waals surface area contributed by atoms with E-state index in [4.69, 9.17) is 5.11 Å². The summed E-state index contributed by atoms with van der Waals surface area (Å²) in [5.41, 5.74) is 0. The summed E-state index contributed by atoms with van der Waals surface area (Å²) in [6, 6.07) is 0. The molecule has 106 valence electrons. The highest BCUT2D eigenvalue weighted by molar-refractivity contribution is 7.13. The van der Waals surface area contributed by atoms with Crippen molar-refractivity contribution in [3.8, 4) is 0 Å². The van der Waals surface area contributed by atoms with Crippen molar-refractivity contribution in [2.45, 2.75) is 20.3 Å². The van der Waals surface area contributed by atoms with Crippen molar-refractivity contribution in [3.63, 3.8) is 0 Å². The number of carbonyl (C=O) groups is 2. The Bertz CT molecular complexity index is 406. The molecule has 2 N–H and O–H groups in total. The quantitative estimate of drug-likeness (QED) is 0.756. The Hall–Kier alpha value is -1.47. The minimum Gasteiger partial charge on any atom is -0.481 e. The molecule has 0 saturated carbocycles. The molecular formula is C12H19N3O3S. The lowest BCUT2D eigenvalue weighted by atomic mass is 10.2. The molecule has 0 unspecified atom stereocenters. The molecule has 1 amide bonds. The van der Waals surface area contributed by atoms with E-state index >= 15 is 0 Å². The molecule has 1 heterocycles. The number of carbonyl (C=O) groups excluding carboxylic acids is 1. The molecule has 1 aromatic heterocycles. The molecule has 0 aliphatic heterocycles. The minimum atomic E-state index is -0.853. The van der Waals surface area contributed by atoms with Gasteiger partial charge in [0.2, 0.25) is 5.91 Å². The number of hydrogen-bond donors (Lipinski definition) is 2. The summed E-state index contributed by atoms with van der Waals surface area (Å²) in [4.78, 5) is 28.2. The number of rotatable bonds is 8. The molecule has 0 radical (unpaired) electrons. The number of nitrogens with zero attached hydrogens (tertiary/aromatic N) is 2. The van der Waals surface area contributed by atoms with Gasteiger partial charge >= 0.3 is 5.97 Å². The van der Waals surface area contributed by atoms with E-state index in [0.29, 0.717) is 24.1 Å². The number of carboxylic acid groups (broad SMARTS) is 1. The Morgan fingerprint density at radius 3 is 2.79 bits per heavy atom. The Balaban J connectivity index is 2.45. The minimum absolute atomic E-state index is 0.0389. The Morgan fingerprint density at radius 1 is 1.53 bits per heavy atom. The van der Waals surface area contributed by atoms with Crippen LogP contribution in [-0.4, -0.2) is 46.5 Å². The van der Waals surface area contributed by atoms with Gasteiger partial charge in [-0.3, -0.25) is 14.5 Å². The molecule has 7 heteroatoms. The summed E-state index contributed by atoms with van der Waals surface area (Å²) in [6.07, 6.45) is 1.66. The predicted octanol–water partition coefficient (Wildman–Crippen LogP) is 1.51. The lowest BCUT2D eigenvalue weighted by Crippen LogP contribution is -2.37. The highest BCUT2D eigenvalue weighted by atomic mass is 32.1. The van der Waals surface area contributed by atoms with Crippen molar-refractivity contribution < 1.29 is 14.7 Å². The maximum absolute atomic E-state index is 11.8. The van der Waals surface area contributed by atoms with Crippen molar-refractivity contribution in [1.82, 2.24) is 9.88 Å². The van der Waals surface area contributed by atoms with E-state index in [1.165, 1.54) is 11.3 Å². The maximum atomic E-state index is 11.8. The molecule has 0 aliphatic rings. The third-order valence-electron chi connectivity index (χ3n) is 2.31. The van der Waals surface area contributed by atoms with Gasteiger partial charge in [-0.2, -0.15) is 0 Å². The van der Waals surface area contributed by atoms with Gasteiger partial charge in [0, 0.05) is 24.7 Å². The second-order valence-corrected chi connectivity index (χ2v) is 5.55. The molecule has 0 aromatic carbocycles. The third-order valence-corrected chi connectivity index (χ3v) is 3.00. The number of aliphatic carboxylic acids is 1. The Kier molecular flexibility index (Phi) is 6.44. The highest BCUT2D eigenvalue weighted by Crippen LogP contribution is 2.10. The molecule has 0 saturated heterocycles. The zero-order chi connectivity index (χ0) is 14.3. The first-order valence-corrected chi connectivity index (χ1v) is 6.99. The molecule has 1 rings (SSSR count). The lowest BCUT2D eigenvalue weighted by molar-refractivity contribution is -0.137. The first-order valence-electron chi connectivity index (χ1n) is 6.11. The molecule has 6 nitrogen and oxygen atoms in total. The molecule has 0 spiro atoms. The van der Waals surface area contributed by atoms with Crippen molar-refractivity contribution >= 4 is 28.3 Å². The van der Waals surface area contributed by atoms with Crippen LogP contribution in [0.5, 0.6) is 0 Å². The van der Waals surface area contributed by atoms with Gasteiger partial charge in [0.15, 0.2) is 5.13 Å². The molecule has 0 fully saturated rings. The van der Waals surface area contributed by atoms with Gasteiger partial charge in [0.05, 0.1) is 13.0 Å². The van der Waals surface area contributed by atoms with Crippen LogP contribution in [0.3, 0.4) is 0 Å². The Labute approximate surface area is 116 Å². The summed E-state index contributed by atoms with van der Waals surface area (Å²) in [6.45, 7) is 5.32. The normalized spacial score (nSPS) is 10.9. The first-order chi connectivity index (χ1) is 8.97. The van der Waals surface area contributed by atoms with E-state index in [0.717, 1.165) is 0 Å². The van der Waals surface area contributed by atoms with Gasteiger partial charge < -0.3 is 10.4 Å². The number of amides is 1. The van der Waals surface area contributed by atoms with Gasteiger partial charge in [-0.25, -0.2) is 4.98 Å². The van der Waals surface area contributed by atoms with Crippen molar-refractivity contribution in [3.05, 3.63) is 11.6 Å². The SMILES string of the molecule is CC(C)CN(CCC(=O)O)CC(=O)Nc1nccs1. The van der Waals surface area contributed by atoms with Crippen LogP contribution in [0.15, 0.2) is 11.6 Å². The van der Waals surface area contributed by atoms with E-state index in [2.05, 4.69) is 10.3 Å². The third kappa shape index (κ3) is 6.88. The van der Waals surface area contributed by atoms with Crippen LogP contribution >= 0.6 is 11.3 Å². The predicted molar refractivity (Wildman–Crippen MR) is 74.3 cm³/mol. The molecule has 1 aromatic rings. The molecular weight excluding hydrogens is 266 g/mol.